The molecule has 1 aromatic carbocycles. The summed E-state index contributed by atoms with van der Waals surface area (Å²) in [5, 5.41) is 1.10. The minimum absolute atomic E-state index is 0.983. The van der Waals surface area contributed by atoms with E-state index in [0.29, 0.717) is 0 Å². The highest BCUT2D eigenvalue weighted by molar-refractivity contribution is 9.11. The standard InChI is InChI=1S/C15H10BrN3S/c1-19-11-5-4-10-9(3-2-8-17-10)14(11)18-15(19)12-6-7-13(16)20-12/h2-8H,1H3. The Balaban J connectivity index is 2.09. The molecule has 0 aliphatic heterocycles. The first kappa shape index (κ1) is 12.1. The van der Waals surface area contributed by atoms with Crippen LogP contribution >= 0.6 is 27.3 Å². The molecule has 0 unspecified atom stereocenters. The van der Waals surface area contributed by atoms with Gasteiger partial charge in [-0.2, -0.15) is 0 Å². The molecule has 0 spiro atoms. The molecule has 0 radical (unpaired) electrons. The summed E-state index contributed by atoms with van der Waals surface area (Å²) < 4.78 is 3.26. The van der Waals surface area contributed by atoms with E-state index in [1.165, 1.54) is 0 Å². The normalized spacial score (nSPS) is 11.5. The smallest absolute Gasteiger partial charge is 0.151 e. The molecule has 5 heteroatoms. The second-order valence-corrected chi connectivity index (χ2v) is 7.06. The number of hydrogen-bond acceptors (Lipinski definition) is 3. The minimum atomic E-state index is 0.983. The number of rotatable bonds is 1. The maximum Gasteiger partial charge on any atom is 0.151 e. The van der Waals surface area contributed by atoms with Gasteiger partial charge in [0.15, 0.2) is 5.82 Å². The van der Waals surface area contributed by atoms with Crippen LogP contribution < -0.4 is 0 Å². The van der Waals surface area contributed by atoms with Crippen LogP contribution in [-0.4, -0.2) is 14.5 Å². The molecule has 0 aliphatic carbocycles. The number of nitrogens with zero attached hydrogens (tertiary/aromatic N) is 3. The molecule has 0 amide bonds. The number of imidazole rings is 1. The van der Waals surface area contributed by atoms with Crippen molar-refractivity contribution in [2.75, 3.05) is 0 Å². The van der Waals surface area contributed by atoms with Crippen molar-refractivity contribution in [2.24, 2.45) is 7.05 Å². The third-order valence-corrected chi connectivity index (χ3v) is 5.05. The number of halogens is 1. The highest BCUT2D eigenvalue weighted by atomic mass is 79.9. The molecule has 0 aliphatic rings. The molecule has 0 fully saturated rings. The van der Waals surface area contributed by atoms with Gasteiger partial charge in [-0.3, -0.25) is 4.98 Å². The van der Waals surface area contributed by atoms with E-state index in [0.717, 1.165) is 36.4 Å². The average Bonchev–Trinajstić information content (AvgIpc) is 3.03. The second-order valence-electron chi connectivity index (χ2n) is 4.60. The van der Waals surface area contributed by atoms with Crippen LogP contribution in [0.5, 0.6) is 0 Å². The zero-order chi connectivity index (χ0) is 13.7. The Morgan fingerprint density at radius 3 is 2.85 bits per heavy atom. The van der Waals surface area contributed by atoms with Gasteiger partial charge in [-0.25, -0.2) is 4.98 Å². The van der Waals surface area contributed by atoms with Crippen molar-refractivity contribution in [1.29, 1.82) is 0 Å². The highest BCUT2D eigenvalue weighted by Gasteiger charge is 2.13. The molecule has 0 saturated carbocycles. The maximum atomic E-state index is 4.84. The fourth-order valence-corrected chi connectivity index (χ4v) is 3.87. The van der Waals surface area contributed by atoms with Gasteiger partial charge in [0.2, 0.25) is 0 Å². The van der Waals surface area contributed by atoms with Gasteiger partial charge in [-0.15, -0.1) is 11.3 Å². The Kier molecular flexibility index (Phi) is 2.65. The van der Waals surface area contributed by atoms with Crippen LogP contribution in [0.2, 0.25) is 0 Å². The monoisotopic (exact) mass is 343 g/mol. The van der Waals surface area contributed by atoms with E-state index in [4.69, 9.17) is 4.98 Å². The SMILES string of the molecule is Cn1c(-c2ccc(Br)s2)nc2c3cccnc3ccc21. The average molecular weight is 344 g/mol. The Morgan fingerprint density at radius 2 is 2.05 bits per heavy atom. The van der Waals surface area contributed by atoms with Gasteiger partial charge in [0.25, 0.3) is 0 Å². The first-order valence-electron chi connectivity index (χ1n) is 6.20. The second kappa shape index (κ2) is 4.40. The predicted molar refractivity (Wildman–Crippen MR) is 87.0 cm³/mol. The molecule has 0 N–H and O–H groups in total. The van der Waals surface area contributed by atoms with Gasteiger partial charge in [0.1, 0.15) is 0 Å². The fraction of sp³-hybridized carbons (Fsp3) is 0.0667. The van der Waals surface area contributed by atoms with E-state index in [1.54, 1.807) is 11.3 Å². The third kappa shape index (κ3) is 1.70. The summed E-state index contributed by atoms with van der Waals surface area (Å²) in [6, 6.07) is 12.3. The van der Waals surface area contributed by atoms with Crippen LogP contribution in [0, 0.1) is 0 Å². The number of pyridine rings is 1. The molecule has 0 saturated heterocycles. The lowest BCUT2D eigenvalue weighted by atomic mass is 10.2. The first-order valence-corrected chi connectivity index (χ1v) is 7.81. The van der Waals surface area contributed by atoms with E-state index >= 15 is 0 Å². The Hall–Kier alpha value is -1.72. The molecular formula is C15H10BrN3S. The van der Waals surface area contributed by atoms with Crippen molar-refractivity contribution in [3.8, 4) is 10.7 Å². The summed E-state index contributed by atoms with van der Waals surface area (Å²) in [7, 11) is 2.06. The van der Waals surface area contributed by atoms with E-state index in [9.17, 15) is 0 Å². The van der Waals surface area contributed by atoms with Crippen LogP contribution in [0.3, 0.4) is 0 Å². The number of fused-ring (bicyclic) bond motifs is 3. The number of benzene rings is 1. The molecule has 4 rings (SSSR count). The fourth-order valence-electron chi connectivity index (χ4n) is 2.46. The summed E-state index contributed by atoms with van der Waals surface area (Å²) in [6.07, 6.45) is 1.81. The van der Waals surface area contributed by atoms with Gasteiger partial charge in [-0.1, -0.05) is 0 Å². The quantitative estimate of drug-likeness (QED) is 0.505. The van der Waals surface area contributed by atoms with Gasteiger partial charge in [-0.05, 0) is 52.3 Å². The lowest BCUT2D eigenvalue weighted by Gasteiger charge is -2.00. The summed E-state index contributed by atoms with van der Waals surface area (Å²) in [5.41, 5.74) is 3.12. The minimum Gasteiger partial charge on any atom is -0.326 e. The lowest BCUT2D eigenvalue weighted by molar-refractivity contribution is 0.963. The maximum absolute atomic E-state index is 4.84. The summed E-state index contributed by atoms with van der Waals surface area (Å²) in [4.78, 5) is 10.4. The zero-order valence-corrected chi connectivity index (χ0v) is 13.1. The molecule has 98 valence electrons. The van der Waals surface area contributed by atoms with Crippen molar-refractivity contribution < 1.29 is 0 Å². The van der Waals surface area contributed by atoms with Crippen LogP contribution in [0.4, 0.5) is 0 Å². The number of aryl methyl sites for hydroxylation is 1. The lowest BCUT2D eigenvalue weighted by Crippen LogP contribution is -1.90. The molecule has 3 nitrogen and oxygen atoms in total. The number of aromatic nitrogens is 3. The summed E-state index contributed by atoms with van der Waals surface area (Å²) >= 11 is 5.20. The van der Waals surface area contributed by atoms with Crippen LogP contribution in [-0.2, 0) is 7.05 Å². The topological polar surface area (TPSA) is 30.7 Å². The Labute approximate surface area is 128 Å². The Morgan fingerprint density at radius 1 is 1.15 bits per heavy atom. The molecular weight excluding hydrogens is 334 g/mol. The third-order valence-electron chi connectivity index (χ3n) is 3.43. The first-order chi connectivity index (χ1) is 9.74. The number of hydrogen-bond donors (Lipinski definition) is 0. The summed E-state index contributed by atoms with van der Waals surface area (Å²) in [5.74, 6) is 0.993. The predicted octanol–water partition coefficient (Wildman–Crippen LogP) is 4.61. The molecule has 20 heavy (non-hydrogen) atoms. The Bertz CT molecular complexity index is 939. The van der Waals surface area contributed by atoms with Crippen molar-refractivity contribution in [1.82, 2.24) is 14.5 Å². The molecule has 0 bridgehead atoms. The molecule has 4 aromatic rings. The van der Waals surface area contributed by atoms with Crippen molar-refractivity contribution >= 4 is 49.2 Å². The van der Waals surface area contributed by atoms with Gasteiger partial charge in [0, 0.05) is 18.6 Å². The van der Waals surface area contributed by atoms with Crippen LogP contribution in [0.15, 0.2) is 46.4 Å². The molecule has 3 aromatic heterocycles. The van der Waals surface area contributed by atoms with E-state index in [1.807, 2.05) is 18.3 Å². The van der Waals surface area contributed by atoms with Crippen LogP contribution in [0.25, 0.3) is 32.6 Å². The highest BCUT2D eigenvalue weighted by Crippen LogP contribution is 2.33. The van der Waals surface area contributed by atoms with Crippen molar-refractivity contribution in [3.05, 3.63) is 46.4 Å². The number of thiophene rings is 1. The van der Waals surface area contributed by atoms with Crippen molar-refractivity contribution in [2.45, 2.75) is 0 Å². The van der Waals surface area contributed by atoms with Crippen molar-refractivity contribution in [3.63, 3.8) is 0 Å². The zero-order valence-electron chi connectivity index (χ0n) is 10.7. The van der Waals surface area contributed by atoms with E-state index < -0.39 is 0 Å². The summed E-state index contributed by atoms with van der Waals surface area (Å²) in [6.45, 7) is 0. The van der Waals surface area contributed by atoms with E-state index in [-0.39, 0.29) is 0 Å². The molecule has 0 atom stereocenters. The molecule has 3 heterocycles. The van der Waals surface area contributed by atoms with Crippen LogP contribution in [0.1, 0.15) is 0 Å². The van der Waals surface area contributed by atoms with Gasteiger partial charge >= 0.3 is 0 Å². The van der Waals surface area contributed by atoms with Gasteiger partial charge in [0.05, 0.1) is 25.2 Å². The largest absolute Gasteiger partial charge is 0.326 e. The van der Waals surface area contributed by atoms with E-state index in [2.05, 4.69) is 56.8 Å². The van der Waals surface area contributed by atoms with Gasteiger partial charge < -0.3 is 4.57 Å².